The molecule has 0 saturated carbocycles. The van der Waals surface area contributed by atoms with Gasteiger partial charge >= 0.3 is 0 Å². The Kier molecular flexibility index (Phi) is 2.44. The normalized spacial score (nSPS) is 9.92. The number of rotatable bonds is 1. The lowest BCUT2D eigenvalue weighted by Gasteiger charge is -1.96. The average molecular weight is 284 g/mol. The second kappa shape index (κ2) is 3.73. The Labute approximate surface area is 88.6 Å². The van der Waals surface area contributed by atoms with Crippen LogP contribution in [0.5, 0.6) is 0 Å². The molecule has 2 heterocycles. The summed E-state index contributed by atoms with van der Waals surface area (Å²) < 4.78 is 0.884. The molecule has 0 aromatic carbocycles. The zero-order valence-corrected chi connectivity index (χ0v) is 8.71. The van der Waals surface area contributed by atoms with Crippen LogP contribution in [0, 0.1) is 3.70 Å². The summed E-state index contributed by atoms with van der Waals surface area (Å²) >= 11 is 2.13. The van der Waals surface area contributed by atoms with E-state index in [4.69, 9.17) is 0 Å². The van der Waals surface area contributed by atoms with Crippen LogP contribution < -0.4 is 0 Å². The molecule has 0 fully saturated rings. The Morgan fingerprint density at radius 2 is 1.77 bits per heavy atom. The van der Waals surface area contributed by atoms with E-state index < -0.39 is 0 Å². The van der Waals surface area contributed by atoms with Crippen LogP contribution >= 0.6 is 22.6 Å². The molecule has 0 aliphatic rings. The van der Waals surface area contributed by atoms with Gasteiger partial charge in [0.05, 0.1) is 0 Å². The highest BCUT2D eigenvalue weighted by atomic mass is 127. The fourth-order valence-corrected chi connectivity index (χ4v) is 1.31. The number of nitrogens with zero attached hydrogens (tertiary/aromatic N) is 4. The second-order valence-corrected chi connectivity index (χ2v) is 3.40. The van der Waals surface area contributed by atoms with Crippen molar-refractivity contribution < 1.29 is 0 Å². The lowest BCUT2D eigenvalue weighted by molar-refractivity contribution is 1.09. The number of hydrogen-bond donors (Lipinski definition) is 0. The Morgan fingerprint density at radius 3 is 2.46 bits per heavy atom. The molecule has 5 heteroatoms. The summed E-state index contributed by atoms with van der Waals surface area (Å²) in [6.45, 7) is 0. The molecule has 2 aromatic heterocycles. The topological polar surface area (TPSA) is 51.6 Å². The Bertz CT molecular complexity index is 404. The molecule has 0 aliphatic heterocycles. The molecule has 13 heavy (non-hydrogen) atoms. The van der Waals surface area contributed by atoms with Crippen LogP contribution in [0.1, 0.15) is 0 Å². The minimum absolute atomic E-state index is 0.628. The molecular weight excluding hydrogens is 279 g/mol. The number of hydrogen-bond acceptors (Lipinski definition) is 4. The molecule has 0 spiro atoms. The first kappa shape index (κ1) is 8.49. The first-order valence-electron chi connectivity index (χ1n) is 3.61. The van der Waals surface area contributed by atoms with Crippen LogP contribution in [0.2, 0.25) is 0 Å². The maximum atomic E-state index is 4.09. The molecule has 0 atom stereocenters. The fourth-order valence-electron chi connectivity index (χ4n) is 0.887. The van der Waals surface area contributed by atoms with Gasteiger partial charge in [0.15, 0.2) is 5.82 Å². The summed E-state index contributed by atoms with van der Waals surface area (Å²) in [7, 11) is 0. The van der Waals surface area contributed by atoms with E-state index in [1.54, 1.807) is 18.5 Å². The van der Waals surface area contributed by atoms with Gasteiger partial charge in [-0.2, -0.15) is 0 Å². The van der Waals surface area contributed by atoms with Crippen LogP contribution in [0.3, 0.4) is 0 Å². The third-order valence-electron chi connectivity index (χ3n) is 1.43. The fraction of sp³-hybridized carbons (Fsp3) is 0. The SMILES string of the molecule is Ic1cc(-c2ncccn2)ncn1. The summed E-state index contributed by atoms with van der Waals surface area (Å²) in [6.07, 6.45) is 4.89. The van der Waals surface area contributed by atoms with Crippen LogP contribution in [-0.2, 0) is 0 Å². The van der Waals surface area contributed by atoms with Crippen molar-refractivity contribution in [2.45, 2.75) is 0 Å². The van der Waals surface area contributed by atoms with E-state index in [1.807, 2.05) is 6.07 Å². The minimum atomic E-state index is 0.628. The summed E-state index contributed by atoms with van der Waals surface area (Å²) in [5.41, 5.74) is 0.750. The van der Waals surface area contributed by atoms with E-state index in [-0.39, 0.29) is 0 Å². The van der Waals surface area contributed by atoms with Gasteiger partial charge in [0.1, 0.15) is 15.7 Å². The second-order valence-electron chi connectivity index (χ2n) is 2.30. The maximum absolute atomic E-state index is 4.09. The molecule has 0 aliphatic carbocycles. The third-order valence-corrected chi connectivity index (χ3v) is 2.02. The smallest absolute Gasteiger partial charge is 0.178 e. The van der Waals surface area contributed by atoms with Crippen molar-refractivity contribution in [3.63, 3.8) is 0 Å². The average Bonchev–Trinajstić information content (AvgIpc) is 2.19. The van der Waals surface area contributed by atoms with E-state index in [1.165, 1.54) is 6.33 Å². The van der Waals surface area contributed by atoms with E-state index in [0.29, 0.717) is 5.82 Å². The van der Waals surface area contributed by atoms with Gasteiger partial charge in [0.2, 0.25) is 0 Å². The molecule has 2 rings (SSSR count). The van der Waals surface area contributed by atoms with Crippen molar-refractivity contribution in [3.8, 4) is 11.5 Å². The Morgan fingerprint density at radius 1 is 1.00 bits per heavy atom. The van der Waals surface area contributed by atoms with Gasteiger partial charge < -0.3 is 0 Å². The van der Waals surface area contributed by atoms with Gasteiger partial charge in [-0.15, -0.1) is 0 Å². The molecule has 64 valence electrons. The largest absolute Gasteiger partial charge is 0.235 e. The number of aromatic nitrogens is 4. The highest BCUT2D eigenvalue weighted by Gasteiger charge is 2.01. The zero-order valence-electron chi connectivity index (χ0n) is 6.55. The van der Waals surface area contributed by atoms with Crippen molar-refractivity contribution in [1.29, 1.82) is 0 Å². The van der Waals surface area contributed by atoms with E-state index >= 15 is 0 Å². The lowest BCUT2D eigenvalue weighted by Crippen LogP contribution is -1.92. The van der Waals surface area contributed by atoms with Crippen molar-refractivity contribution >= 4 is 22.6 Å². The van der Waals surface area contributed by atoms with Gasteiger partial charge in [-0.05, 0) is 34.7 Å². The Balaban J connectivity index is 2.48. The van der Waals surface area contributed by atoms with Crippen LogP contribution in [-0.4, -0.2) is 19.9 Å². The van der Waals surface area contributed by atoms with E-state index in [0.717, 1.165) is 9.39 Å². The van der Waals surface area contributed by atoms with Crippen molar-refractivity contribution in [3.05, 3.63) is 34.6 Å². The lowest BCUT2D eigenvalue weighted by atomic mass is 10.4. The van der Waals surface area contributed by atoms with Crippen LogP contribution in [0.25, 0.3) is 11.5 Å². The predicted molar refractivity (Wildman–Crippen MR) is 55.8 cm³/mol. The number of halogens is 1. The first-order chi connectivity index (χ1) is 6.36. The summed E-state index contributed by atoms with van der Waals surface area (Å²) in [6, 6.07) is 3.62. The predicted octanol–water partition coefficient (Wildman–Crippen LogP) is 1.54. The van der Waals surface area contributed by atoms with Gasteiger partial charge in [-0.25, -0.2) is 19.9 Å². The molecular formula is C8H5IN4. The maximum Gasteiger partial charge on any atom is 0.178 e. The zero-order chi connectivity index (χ0) is 9.10. The summed E-state index contributed by atoms with van der Waals surface area (Å²) in [5.74, 6) is 0.628. The third kappa shape index (κ3) is 1.97. The van der Waals surface area contributed by atoms with Crippen molar-refractivity contribution in [1.82, 2.24) is 19.9 Å². The molecule has 0 unspecified atom stereocenters. The highest BCUT2D eigenvalue weighted by Crippen LogP contribution is 2.11. The van der Waals surface area contributed by atoms with Gasteiger partial charge in [0.25, 0.3) is 0 Å². The van der Waals surface area contributed by atoms with Crippen LogP contribution in [0.15, 0.2) is 30.9 Å². The van der Waals surface area contributed by atoms with E-state index in [9.17, 15) is 0 Å². The molecule has 0 saturated heterocycles. The van der Waals surface area contributed by atoms with Gasteiger partial charge in [-0.3, -0.25) is 0 Å². The van der Waals surface area contributed by atoms with Crippen molar-refractivity contribution in [2.75, 3.05) is 0 Å². The molecule has 4 nitrogen and oxygen atoms in total. The molecule has 0 amide bonds. The highest BCUT2D eigenvalue weighted by molar-refractivity contribution is 14.1. The molecule has 2 aromatic rings. The first-order valence-corrected chi connectivity index (χ1v) is 4.69. The van der Waals surface area contributed by atoms with Gasteiger partial charge in [0, 0.05) is 12.4 Å². The molecule has 0 bridgehead atoms. The van der Waals surface area contributed by atoms with Crippen LogP contribution in [0.4, 0.5) is 0 Å². The monoisotopic (exact) mass is 284 g/mol. The van der Waals surface area contributed by atoms with Gasteiger partial charge in [-0.1, -0.05) is 0 Å². The summed E-state index contributed by atoms with van der Waals surface area (Å²) in [4.78, 5) is 16.2. The summed E-state index contributed by atoms with van der Waals surface area (Å²) in [5, 5.41) is 0. The quantitative estimate of drug-likeness (QED) is 0.588. The standard InChI is InChI=1S/C8H5IN4/c9-7-4-6(12-5-13-7)8-10-2-1-3-11-8/h1-5H. The molecule has 0 N–H and O–H groups in total. The Hall–Kier alpha value is -1.11. The van der Waals surface area contributed by atoms with E-state index in [2.05, 4.69) is 42.5 Å². The molecule has 0 radical (unpaired) electrons. The minimum Gasteiger partial charge on any atom is -0.235 e. The van der Waals surface area contributed by atoms with Crippen molar-refractivity contribution in [2.24, 2.45) is 0 Å².